The molecule has 3 N–H and O–H groups in total. The van der Waals surface area contributed by atoms with Gasteiger partial charge < -0.3 is 16.0 Å². The highest BCUT2D eigenvalue weighted by Gasteiger charge is 2.41. The minimum absolute atomic E-state index is 0.292. The predicted octanol–water partition coefficient (Wildman–Crippen LogP) is 3.23. The Bertz CT molecular complexity index is 1020. The van der Waals surface area contributed by atoms with E-state index < -0.39 is 5.91 Å². The van der Waals surface area contributed by atoms with Gasteiger partial charge in [0.1, 0.15) is 0 Å². The number of nitriles is 1. The number of primary amides is 1. The Kier molecular flexibility index (Phi) is 4.24. The topological polar surface area (TPSA) is 95.0 Å². The molecule has 5 rings (SSSR count). The Morgan fingerprint density at radius 2 is 1.93 bits per heavy atom. The molecule has 3 heterocycles. The van der Waals surface area contributed by atoms with Gasteiger partial charge in [0, 0.05) is 42.0 Å². The van der Waals surface area contributed by atoms with Crippen LogP contribution < -0.4 is 16.0 Å². The lowest BCUT2D eigenvalue weighted by atomic mass is 9.95. The molecule has 3 aliphatic rings. The Morgan fingerprint density at radius 1 is 1.21 bits per heavy atom. The first-order valence-corrected chi connectivity index (χ1v) is 10.2. The number of nitrogens with one attached hydrogen (secondary N) is 1. The van der Waals surface area contributed by atoms with Crippen LogP contribution in [0.5, 0.6) is 0 Å². The molecule has 0 saturated carbocycles. The minimum atomic E-state index is -0.443. The average molecular weight is 385 g/mol. The van der Waals surface area contributed by atoms with Gasteiger partial charge in [-0.3, -0.25) is 9.78 Å². The molecule has 2 aliphatic heterocycles. The number of fused-ring (bicyclic) bond motifs is 3. The van der Waals surface area contributed by atoms with Crippen LogP contribution in [0.1, 0.15) is 52.9 Å². The highest BCUT2D eigenvalue weighted by atomic mass is 16.1. The lowest BCUT2D eigenvalue weighted by Crippen LogP contribution is -2.47. The number of anilines is 2. The number of carbonyl (C=O) groups is 1. The molecular formula is C23H23N5O. The van der Waals surface area contributed by atoms with Gasteiger partial charge in [-0.05, 0) is 49.9 Å². The Balaban J connectivity index is 1.39. The standard InChI is InChI=1S/C23H23N5O/c24-12-14-4-6-16(7-5-14)28-17-8-9-18(28)11-15(10-17)27-22-19-2-1-3-21(19)26-13-20(22)23(25)29/h1-2,4-7,13,15,17-18H,3,8-11H2,(H2,25,29)(H,26,27)/t15?,17-,18+. The van der Waals surface area contributed by atoms with Crippen LogP contribution in [0.15, 0.2) is 36.5 Å². The van der Waals surface area contributed by atoms with Crippen molar-refractivity contribution in [3.8, 4) is 6.07 Å². The van der Waals surface area contributed by atoms with Crippen molar-refractivity contribution in [1.82, 2.24) is 4.98 Å². The van der Waals surface area contributed by atoms with E-state index in [1.807, 2.05) is 18.2 Å². The molecule has 1 aromatic heterocycles. The lowest BCUT2D eigenvalue weighted by molar-refractivity contribution is 0.100. The monoisotopic (exact) mass is 385 g/mol. The summed E-state index contributed by atoms with van der Waals surface area (Å²) in [6.45, 7) is 0. The molecule has 6 nitrogen and oxygen atoms in total. The average Bonchev–Trinajstić information content (AvgIpc) is 3.31. The maximum absolute atomic E-state index is 12.0. The Labute approximate surface area is 170 Å². The second-order valence-electron chi connectivity index (χ2n) is 8.14. The van der Waals surface area contributed by atoms with Crippen LogP contribution in [0.3, 0.4) is 0 Å². The van der Waals surface area contributed by atoms with Gasteiger partial charge in [0.25, 0.3) is 5.91 Å². The fraction of sp³-hybridized carbons (Fsp3) is 0.348. The SMILES string of the molecule is N#Cc1ccc(N2[C@@H]3CC[C@H]2CC(Nc2c(C(N)=O)cnc4c2C=CC4)C3)cc1. The van der Waals surface area contributed by atoms with E-state index in [0.29, 0.717) is 29.3 Å². The number of nitrogens with zero attached hydrogens (tertiary/aromatic N) is 3. The Hall–Kier alpha value is -3.33. The van der Waals surface area contributed by atoms with Crippen LogP contribution >= 0.6 is 0 Å². The van der Waals surface area contributed by atoms with Gasteiger partial charge in [-0.15, -0.1) is 0 Å². The predicted molar refractivity (Wildman–Crippen MR) is 113 cm³/mol. The van der Waals surface area contributed by atoms with Crippen LogP contribution in [0, 0.1) is 11.3 Å². The van der Waals surface area contributed by atoms with Crippen molar-refractivity contribution in [3.63, 3.8) is 0 Å². The number of allylic oxidation sites excluding steroid dienone is 1. The second kappa shape index (κ2) is 6.93. The third-order valence-electron chi connectivity index (χ3n) is 6.44. The van der Waals surface area contributed by atoms with E-state index in [-0.39, 0.29) is 0 Å². The number of amides is 1. The van der Waals surface area contributed by atoms with Gasteiger partial charge in [0.2, 0.25) is 0 Å². The number of carbonyl (C=O) groups excluding carboxylic acids is 1. The van der Waals surface area contributed by atoms with Crippen molar-refractivity contribution in [2.75, 3.05) is 10.2 Å². The van der Waals surface area contributed by atoms with E-state index in [1.165, 1.54) is 18.5 Å². The molecule has 2 aromatic rings. The molecule has 29 heavy (non-hydrogen) atoms. The maximum Gasteiger partial charge on any atom is 0.252 e. The van der Waals surface area contributed by atoms with E-state index in [1.54, 1.807) is 6.20 Å². The van der Waals surface area contributed by atoms with Gasteiger partial charge in [-0.1, -0.05) is 12.2 Å². The van der Waals surface area contributed by atoms with Crippen molar-refractivity contribution in [2.24, 2.45) is 5.73 Å². The van der Waals surface area contributed by atoms with Gasteiger partial charge in [0.15, 0.2) is 0 Å². The minimum Gasteiger partial charge on any atom is -0.381 e. The molecule has 1 amide bonds. The van der Waals surface area contributed by atoms with E-state index in [2.05, 4.69) is 39.5 Å². The summed E-state index contributed by atoms with van der Waals surface area (Å²) in [5.41, 5.74) is 10.8. The number of benzene rings is 1. The van der Waals surface area contributed by atoms with E-state index >= 15 is 0 Å². The van der Waals surface area contributed by atoms with Crippen molar-refractivity contribution < 1.29 is 4.79 Å². The zero-order valence-electron chi connectivity index (χ0n) is 16.1. The van der Waals surface area contributed by atoms with Gasteiger partial charge in [-0.2, -0.15) is 5.26 Å². The van der Waals surface area contributed by atoms with Crippen LogP contribution in [0.25, 0.3) is 6.08 Å². The molecule has 6 heteroatoms. The van der Waals surface area contributed by atoms with Crippen molar-refractivity contribution >= 4 is 23.4 Å². The Morgan fingerprint density at radius 3 is 2.59 bits per heavy atom. The number of aromatic nitrogens is 1. The number of piperidine rings is 1. The molecule has 1 unspecified atom stereocenters. The van der Waals surface area contributed by atoms with Crippen LogP contribution in [0.4, 0.5) is 11.4 Å². The summed E-state index contributed by atoms with van der Waals surface area (Å²) in [6.07, 6.45) is 10.9. The summed E-state index contributed by atoms with van der Waals surface area (Å²) in [5, 5.41) is 12.7. The normalized spacial score (nSPS) is 24.2. The van der Waals surface area contributed by atoms with Gasteiger partial charge in [-0.25, -0.2) is 0 Å². The van der Waals surface area contributed by atoms with Crippen molar-refractivity contribution in [1.29, 1.82) is 5.26 Å². The zero-order valence-corrected chi connectivity index (χ0v) is 16.1. The van der Waals surface area contributed by atoms with E-state index in [0.717, 1.165) is 36.2 Å². The first-order chi connectivity index (χ1) is 14.1. The van der Waals surface area contributed by atoms with Crippen molar-refractivity contribution in [3.05, 3.63) is 58.9 Å². The molecular weight excluding hydrogens is 362 g/mol. The molecule has 1 aromatic carbocycles. The summed E-state index contributed by atoms with van der Waals surface area (Å²) in [4.78, 5) is 18.9. The highest BCUT2D eigenvalue weighted by Crippen LogP contribution is 2.41. The molecule has 0 radical (unpaired) electrons. The summed E-state index contributed by atoms with van der Waals surface area (Å²) < 4.78 is 0. The highest BCUT2D eigenvalue weighted by molar-refractivity contribution is 6.00. The summed E-state index contributed by atoms with van der Waals surface area (Å²) >= 11 is 0. The first kappa shape index (κ1) is 17.7. The number of hydrogen-bond donors (Lipinski definition) is 2. The fourth-order valence-electron chi connectivity index (χ4n) is 5.17. The summed E-state index contributed by atoms with van der Waals surface area (Å²) in [5.74, 6) is -0.443. The van der Waals surface area contributed by atoms with Crippen LogP contribution in [-0.4, -0.2) is 29.0 Å². The van der Waals surface area contributed by atoms with Gasteiger partial charge >= 0.3 is 0 Å². The molecule has 146 valence electrons. The fourth-order valence-corrected chi connectivity index (χ4v) is 5.17. The first-order valence-electron chi connectivity index (χ1n) is 10.2. The smallest absolute Gasteiger partial charge is 0.252 e. The maximum atomic E-state index is 12.0. The van der Waals surface area contributed by atoms with Crippen LogP contribution in [0.2, 0.25) is 0 Å². The number of pyridine rings is 1. The third-order valence-corrected chi connectivity index (χ3v) is 6.44. The number of rotatable bonds is 4. The molecule has 1 aliphatic carbocycles. The van der Waals surface area contributed by atoms with E-state index in [4.69, 9.17) is 11.0 Å². The summed E-state index contributed by atoms with van der Waals surface area (Å²) in [7, 11) is 0. The summed E-state index contributed by atoms with van der Waals surface area (Å²) in [6, 6.07) is 11.3. The second-order valence-corrected chi connectivity index (χ2v) is 8.14. The molecule has 3 atom stereocenters. The largest absolute Gasteiger partial charge is 0.381 e. The molecule has 2 bridgehead atoms. The molecule has 2 saturated heterocycles. The zero-order chi connectivity index (χ0) is 20.0. The number of hydrogen-bond acceptors (Lipinski definition) is 5. The lowest BCUT2D eigenvalue weighted by Gasteiger charge is -2.41. The quantitative estimate of drug-likeness (QED) is 0.842. The molecule has 0 spiro atoms. The third kappa shape index (κ3) is 3.03. The van der Waals surface area contributed by atoms with Crippen LogP contribution in [-0.2, 0) is 6.42 Å². The van der Waals surface area contributed by atoms with Crippen molar-refractivity contribution in [2.45, 2.75) is 50.2 Å². The van der Waals surface area contributed by atoms with Gasteiger partial charge in [0.05, 0.1) is 28.6 Å². The van der Waals surface area contributed by atoms with E-state index in [9.17, 15) is 4.79 Å². The number of nitrogens with two attached hydrogens (primary N) is 1. The molecule has 2 fully saturated rings.